The molecule has 2 atom stereocenters. The lowest BCUT2D eigenvalue weighted by atomic mass is 9.85. The van der Waals surface area contributed by atoms with Crippen LogP contribution in [0.3, 0.4) is 0 Å². The van der Waals surface area contributed by atoms with Crippen molar-refractivity contribution in [2.45, 2.75) is 44.7 Å². The maximum absolute atomic E-state index is 11.8. The Balaban J connectivity index is 1.51. The van der Waals surface area contributed by atoms with Gasteiger partial charge in [-0.25, -0.2) is 0 Å². The fraction of sp³-hybridized carbons (Fsp3) is 0.929. The zero-order valence-electron chi connectivity index (χ0n) is 11.5. The van der Waals surface area contributed by atoms with Crippen molar-refractivity contribution in [1.29, 1.82) is 0 Å². The Morgan fingerprint density at radius 1 is 1.39 bits per heavy atom. The van der Waals surface area contributed by atoms with Crippen LogP contribution in [-0.4, -0.2) is 48.6 Å². The van der Waals surface area contributed by atoms with Gasteiger partial charge in [-0.2, -0.15) is 0 Å². The second-order valence-electron chi connectivity index (χ2n) is 6.72. The van der Waals surface area contributed by atoms with Crippen molar-refractivity contribution in [3.05, 3.63) is 0 Å². The van der Waals surface area contributed by atoms with E-state index < -0.39 is 0 Å². The average molecular weight is 251 g/mol. The Morgan fingerprint density at radius 3 is 2.83 bits per heavy atom. The van der Waals surface area contributed by atoms with Gasteiger partial charge in [-0.15, -0.1) is 0 Å². The lowest BCUT2D eigenvalue weighted by Crippen LogP contribution is -2.45. The number of nitrogens with one attached hydrogen (secondary N) is 2. The quantitative estimate of drug-likeness (QED) is 0.768. The van der Waals surface area contributed by atoms with E-state index in [-0.39, 0.29) is 11.4 Å². The number of nitrogens with zero attached hydrogens (tertiary/aromatic N) is 1. The van der Waals surface area contributed by atoms with E-state index in [1.165, 1.54) is 12.8 Å². The summed E-state index contributed by atoms with van der Waals surface area (Å²) in [6.07, 6.45) is 3.01. The van der Waals surface area contributed by atoms with Gasteiger partial charge in [0.25, 0.3) is 0 Å². The number of carbonyl (C=O) groups excluding carboxylic acids is 1. The van der Waals surface area contributed by atoms with E-state index in [9.17, 15) is 4.79 Å². The third kappa shape index (κ3) is 2.28. The van der Waals surface area contributed by atoms with Gasteiger partial charge in [-0.1, -0.05) is 0 Å². The van der Waals surface area contributed by atoms with Crippen LogP contribution in [0.2, 0.25) is 0 Å². The average Bonchev–Trinajstić information content (AvgIpc) is 2.91. The summed E-state index contributed by atoms with van der Waals surface area (Å²) in [6, 6.07) is 0.493. The number of fused-ring (bicyclic) bond motifs is 1. The van der Waals surface area contributed by atoms with Crippen LogP contribution in [0.4, 0.5) is 0 Å². The monoisotopic (exact) mass is 251 g/mol. The van der Waals surface area contributed by atoms with Crippen LogP contribution < -0.4 is 10.6 Å². The van der Waals surface area contributed by atoms with Gasteiger partial charge in [-0.05, 0) is 45.1 Å². The first-order valence-corrected chi connectivity index (χ1v) is 7.32. The third-order valence-electron chi connectivity index (χ3n) is 5.07. The molecular weight excluding hydrogens is 226 g/mol. The summed E-state index contributed by atoms with van der Waals surface area (Å²) >= 11 is 0. The minimum atomic E-state index is 0.239. The van der Waals surface area contributed by atoms with Gasteiger partial charge in [0.05, 0.1) is 0 Å². The standard InChI is InChI=1S/C14H25N3O/c1-14(2)12-8-15-7-10(12)9-17(14)6-5-13(18)16-11-3-4-11/h10-12,15H,3-9H2,1-2H3,(H,16,18). The molecule has 3 fully saturated rings. The van der Waals surface area contributed by atoms with Gasteiger partial charge in [-0.3, -0.25) is 9.69 Å². The first kappa shape index (κ1) is 12.4. The van der Waals surface area contributed by atoms with Crippen molar-refractivity contribution in [3.8, 4) is 0 Å². The number of rotatable bonds is 4. The van der Waals surface area contributed by atoms with Gasteiger partial charge in [0.15, 0.2) is 0 Å². The summed E-state index contributed by atoms with van der Waals surface area (Å²) < 4.78 is 0. The molecule has 1 aliphatic carbocycles. The summed E-state index contributed by atoms with van der Waals surface area (Å²) in [5.74, 6) is 1.78. The molecule has 3 aliphatic rings. The zero-order valence-corrected chi connectivity index (χ0v) is 11.5. The molecule has 2 aliphatic heterocycles. The summed E-state index contributed by atoms with van der Waals surface area (Å²) in [6.45, 7) is 9.04. The molecule has 0 bridgehead atoms. The Morgan fingerprint density at radius 2 is 2.17 bits per heavy atom. The summed E-state index contributed by atoms with van der Waals surface area (Å²) in [7, 11) is 0. The fourth-order valence-corrected chi connectivity index (χ4v) is 3.65. The molecule has 2 unspecified atom stereocenters. The second-order valence-corrected chi connectivity index (χ2v) is 6.72. The fourth-order valence-electron chi connectivity index (χ4n) is 3.65. The van der Waals surface area contributed by atoms with Crippen molar-refractivity contribution in [3.63, 3.8) is 0 Å². The van der Waals surface area contributed by atoms with Crippen molar-refractivity contribution in [2.75, 3.05) is 26.2 Å². The molecule has 0 aromatic rings. The molecule has 1 amide bonds. The van der Waals surface area contributed by atoms with Gasteiger partial charge < -0.3 is 10.6 Å². The molecule has 2 N–H and O–H groups in total. The summed E-state index contributed by atoms with van der Waals surface area (Å²) in [4.78, 5) is 14.3. The maximum atomic E-state index is 11.8. The summed E-state index contributed by atoms with van der Waals surface area (Å²) in [5.41, 5.74) is 0.244. The van der Waals surface area contributed by atoms with Crippen LogP contribution >= 0.6 is 0 Å². The molecule has 0 aromatic heterocycles. The maximum Gasteiger partial charge on any atom is 0.221 e. The highest BCUT2D eigenvalue weighted by Crippen LogP contribution is 2.40. The van der Waals surface area contributed by atoms with E-state index in [4.69, 9.17) is 0 Å². The normalized spacial score (nSPS) is 34.6. The van der Waals surface area contributed by atoms with E-state index in [0.29, 0.717) is 12.5 Å². The minimum absolute atomic E-state index is 0.239. The first-order chi connectivity index (χ1) is 8.57. The Kier molecular flexibility index (Phi) is 3.10. The molecule has 3 rings (SSSR count). The molecule has 0 spiro atoms. The number of amides is 1. The molecule has 4 heteroatoms. The highest BCUT2D eigenvalue weighted by Gasteiger charge is 2.49. The molecule has 4 nitrogen and oxygen atoms in total. The van der Waals surface area contributed by atoms with E-state index in [1.54, 1.807) is 0 Å². The molecular formula is C14H25N3O. The van der Waals surface area contributed by atoms with Crippen LogP contribution in [0.1, 0.15) is 33.1 Å². The van der Waals surface area contributed by atoms with Gasteiger partial charge in [0.1, 0.15) is 0 Å². The van der Waals surface area contributed by atoms with Crippen molar-refractivity contribution >= 4 is 5.91 Å². The van der Waals surface area contributed by atoms with Gasteiger partial charge in [0, 0.05) is 37.6 Å². The molecule has 18 heavy (non-hydrogen) atoms. The lowest BCUT2D eigenvalue weighted by molar-refractivity contribution is -0.121. The van der Waals surface area contributed by atoms with E-state index >= 15 is 0 Å². The van der Waals surface area contributed by atoms with Crippen LogP contribution in [-0.2, 0) is 4.79 Å². The summed E-state index contributed by atoms with van der Waals surface area (Å²) in [5, 5.41) is 6.57. The number of hydrogen-bond donors (Lipinski definition) is 2. The van der Waals surface area contributed by atoms with Gasteiger partial charge in [0.2, 0.25) is 5.91 Å². The Bertz CT molecular complexity index is 338. The van der Waals surface area contributed by atoms with Gasteiger partial charge >= 0.3 is 0 Å². The molecule has 2 saturated heterocycles. The number of hydrogen-bond acceptors (Lipinski definition) is 3. The topological polar surface area (TPSA) is 44.4 Å². The zero-order chi connectivity index (χ0) is 12.8. The van der Waals surface area contributed by atoms with Crippen molar-refractivity contribution < 1.29 is 4.79 Å². The molecule has 0 aromatic carbocycles. The second kappa shape index (κ2) is 4.49. The van der Waals surface area contributed by atoms with Crippen molar-refractivity contribution in [2.24, 2.45) is 11.8 Å². The number of carbonyl (C=O) groups is 1. The predicted molar refractivity (Wildman–Crippen MR) is 71.3 cm³/mol. The molecule has 0 radical (unpaired) electrons. The SMILES string of the molecule is CC1(C)C2CNCC2CN1CCC(=O)NC1CC1. The smallest absolute Gasteiger partial charge is 0.221 e. The first-order valence-electron chi connectivity index (χ1n) is 7.32. The lowest BCUT2D eigenvalue weighted by Gasteiger charge is -2.35. The Labute approximate surface area is 109 Å². The molecule has 102 valence electrons. The van der Waals surface area contributed by atoms with Crippen LogP contribution in [0.15, 0.2) is 0 Å². The third-order valence-corrected chi connectivity index (χ3v) is 5.07. The van der Waals surface area contributed by atoms with Crippen LogP contribution in [0, 0.1) is 11.8 Å². The highest BCUT2D eigenvalue weighted by atomic mass is 16.1. The molecule has 2 heterocycles. The predicted octanol–water partition coefficient (Wildman–Crippen LogP) is 0.585. The van der Waals surface area contributed by atoms with Crippen molar-refractivity contribution in [1.82, 2.24) is 15.5 Å². The van der Waals surface area contributed by atoms with Crippen LogP contribution in [0.5, 0.6) is 0 Å². The number of likely N-dealkylation sites (tertiary alicyclic amines) is 1. The Hall–Kier alpha value is -0.610. The van der Waals surface area contributed by atoms with E-state index in [1.807, 2.05) is 0 Å². The molecule has 1 saturated carbocycles. The van der Waals surface area contributed by atoms with Crippen LogP contribution in [0.25, 0.3) is 0 Å². The minimum Gasteiger partial charge on any atom is -0.353 e. The van der Waals surface area contributed by atoms with E-state index in [0.717, 1.165) is 38.0 Å². The van der Waals surface area contributed by atoms with E-state index in [2.05, 4.69) is 29.4 Å². The highest BCUT2D eigenvalue weighted by molar-refractivity contribution is 5.76. The largest absolute Gasteiger partial charge is 0.353 e.